The normalized spacial score (nSPS) is 10.4. The number of hydrogen-bond donors (Lipinski definition) is 2. The highest BCUT2D eigenvalue weighted by atomic mass is 32.1. The second kappa shape index (κ2) is 7.23. The number of benzene rings is 2. The van der Waals surface area contributed by atoms with Crippen LogP contribution in [0.4, 0.5) is 15.2 Å². The Morgan fingerprint density at radius 3 is 2.83 bits per heavy atom. The van der Waals surface area contributed by atoms with Crippen LogP contribution >= 0.6 is 11.3 Å². The van der Waals surface area contributed by atoms with Crippen LogP contribution in [0.15, 0.2) is 53.9 Å². The van der Waals surface area contributed by atoms with E-state index < -0.39 is 11.7 Å². The summed E-state index contributed by atoms with van der Waals surface area (Å²) in [7, 11) is 0. The second-order valence-corrected chi connectivity index (χ2v) is 5.94. The third-order valence-electron chi connectivity index (χ3n) is 3.37. The van der Waals surface area contributed by atoms with Crippen LogP contribution in [-0.2, 0) is 0 Å². The van der Waals surface area contributed by atoms with Crippen molar-refractivity contribution in [2.75, 3.05) is 17.2 Å². The van der Waals surface area contributed by atoms with Gasteiger partial charge >= 0.3 is 0 Å². The Balaban J connectivity index is 1.80. The standard InChI is InChI=1S/C18H16FN3OS/c1-2-20-18-22-16(11-24-18)12-6-5-7-13(10-12)21-17(23)14-8-3-4-9-15(14)19/h3-11H,2H2,1H3,(H,20,22)(H,21,23). The van der Waals surface area contributed by atoms with Crippen LogP contribution in [0.25, 0.3) is 11.3 Å². The molecule has 0 aliphatic carbocycles. The first-order chi connectivity index (χ1) is 11.7. The van der Waals surface area contributed by atoms with Crippen molar-refractivity contribution >= 4 is 28.1 Å². The number of anilines is 2. The molecule has 0 aliphatic heterocycles. The summed E-state index contributed by atoms with van der Waals surface area (Å²) in [4.78, 5) is 16.7. The predicted molar refractivity (Wildman–Crippen MR) is 96.1 cm³/mol. The van der Waals surface area contributed by atoms with Crippen LogP contribution in [0.5, 0.6) is 0 Å². The molecule has 2 N–H and O–H groups in total. The molecule has 0 saturated carbocycles. The highest BCUT2D eigenvalue weighted by molar-refractivity contribution is 7.14. The quantitative estimate of drug-likeness (QED) is 0.711. The van der Waals surface area contributed by atoms with Crippen molar-refractivity contribution in [3.05, 3.63) is 65.3 Å². The lowest BCUT2D eigenvalue weighted by Gasteiger charge is -2.07. The van der Waals surface area contributed by atoms with Gasteiger partial charge in [-0.25, -0.2) is 9.37 Å². The molecule has 1 heterocycles. The van der Waals surface area contributed by atoms with Gasteiger partial charge in [-0.05, 0) is 31.2 Å². The lowest BCUT2D eigenvalue weighted by molar-refractivity contribution is 0.102. The summed E-state index contributed by atoms with van der Waals surface area (Å²) in [5.74, 6) is -1.02. The van der Waals surface area contributed by atoms with Crippen molar-refractivity contribution in [3.8, 4) is 11.3 Å². The summed E-state index contributed by atoms with van der Waals surface area (Å²) in [6.07, 6.45) is 0. The van der Waals surface area contributed by atoms with E-state index in [1.54, 1.807) is 18.2 Å². The first kappa shape index (κ1) is 16.1. The average Bonchev–Trinajstić information content (AvgIpc) is 3.04. The molecule has 0 unspecified atom stereocenters. The number of aromatic nitrogens is 1. The number of rotatable bonds is 5. The summed E-state index contributed by atoms with van der Waals surface area (Å²) < 4.78 is 13.7. The van der Waals surface area contributed by atoms with Gasteiger partial charge in [0.05, 0.1) is 11.3 Å². The Morgan fingerprint density at radius 1 is 1.21 bits per heavy atom. The fraction of sp³-hybridized carbons (Fsp3) is 0.111. The van der Waals surface area contributed by atoms with Crippen LogP contribution in [0.1, 0.15) is 17.3 Å². The first-order valence-corrected chi connectivity index (χ1v) is 8.41. The van der Waals surface area contributed by atoms with Crippen LogP contribution in [0, 0.1) is 5.82 Å². The van der Waals surface area contributed by atoms with Crippen molar-refractivity contribution in [1.82, 2.24) is 4.98 Å². The fourth-order valence-electron chi connectivity index (χ4n) is 2.24. The predicted octanol–water partition coefficient (Wildman–Crippen LogP) is 4.63. The highest BCUT2D eigenvalue weighted by Crippen LogP contribution is 2.27. The summed E-state index contributed by atoms with van der Waals surface area (Å²) >= 11 is 1.53. The number of halogens is 1. The number of nitrogens with zero attached hydrogens (tertiary/aromatic N) is 1. The SMILES string of the molecule is CCNc1nc(-c2cccc(NC(=O)c3ccccc3F)c2)cs1. The zero-order chi connectivity index (χ0) is 16.9. The molecule has 6 heteroatoms. The minimum absolute atomic E-state index is 0.0194. The Hall–Kier alpha value is -2.73. The van der Waals surface area contributed by atoms with Gasteiger partial charge in [-0.2, -0.15) is 0 Å². The molecule has 1 aromatic heterocycles. The van der Waals surface area contributed by atoms with Crippen molar-refractivity contribution in [1.29, 1.82) is 0 Å². The average molecular weight is 341 g/mol. The third-order valence-corrected chi connectivity index (χ3v) is 4.17. The van der Waals surface area contributed by atoms with Crippen LogP contribution in [-0.4, -0.2) is 17.4 Å². The molecule has 4 nitrogen and oxygen atoms in total. The minimum Gasteiger partial charge on any atom is -0.362 e. The van der Waals surface area contributed by atoms with Crippen molar-refractivity contribution < 1.29 is 9.18 Å². The van der Waals surface area contributed by atoms with Gasteiger partial charge in [0.2, 0.25) is 0 Å². The van der Waals surface area contributed by atoms with Gasteiger partial charge in [0.15, 0.2) is 5.13 Å². The Morgan fingerprint density at radius 2 is 2.04 bits per heavy atom. The Kier molecular flexibility index (Phi) is 4.86. The van der Waals surface area contributed by atoms with Gasteiger partial charge in [-0.1, -0.05) is 24.3 Å². The molecule has 0 saturated heterocycles. The molecule has 1 amide bonds. The topological polar surface area (TPSA) is 54.0 Å². The van der Waals surface area contributed by atoms with E-state index in [0.717, 1.165) is 22.9 Å². The van der Waals surface area contributed by atoms with Gasteiger partial charge in [0.25, 0.3) is 5.91 Å². The lowest BCUT2D eigenvalue weighted by atomic mass is 10.1. The van der Waals surface area contributed by atoms with Gasteiger partial charge in [0, 0.05) is 23.2 Å². The molecule has 3 aromatic rings. The molecule has 0 radical (unpaired) electrons. The van der Waals surface area contributed by atoms with Gasteiger partial charge < -0.3 is 10.6 Å². The summed E-state index contributed by atoms with van der Waals surface area (Å²) in [6, 6.07) is 13.2. The molecule has 0 aliphatic rings. The monoisotopic (exact) mass is 341 g/mol. The fourth-order valence-corrected chi connectivity index (χ4v) is 3.03. The lowest BCUT2D eigenvalue weighted by Crippen LogP contribution is -2.13. The van der Waals surface area contributed by atoms with Crippen molar-refractivity contribution in [3.63, 3.8) is 0 Å². The maximum Gasteiger partial charge on any atom is 0.258 e. The molecular formula is C18H16FN3OS. The van der Waals surface area contributed by atoms with Crippen LogP contribution < -0.4 is 10.6 Å². The molecular weight excluding hydrogens is 325 g/mol. The maximum atomic E-state index is 13.7. The van der Waals surface area contributed by atoms with Gasteiger partial charge in [-0.3, -0.25) is 4.79 Å². The van der Waals surface area contributed by atoms with E-state index in [4.69, 9.17) is 0 Å². The number of carbonyl (C=O) groups is 1. The highest BCUT2D eigenvalue weighted by Gasteiger charge is 2.12. The van der Waals surface area contributed by atoms with E-state index in [1.165, 1.54) is 23.5 Å². The van der Waals surface area contributed by atoms with E-state index in [9.17, 15) is 9.18 Å². The molecule has 0 bridgehead atoms. The van der Waals surface area contributed by atoms with Crippen LogP contribution in [0.2, 0.25) is 0 Å². The molecule has 0 spiro atoms. The number of amides is 1. The zero-order valence-corrected chi connectivity index (χ0v) is 13.9. The molecule has 2 aromatic carbocycles. The second-order valence-electron chi connectivity index (χ2n) is 5.08. The van der Waals surface area contributed by atoms with Crippen molar-refractivity contribution in [2.24, 2.45) is 0 Å². The van der Waals surface area contributed by atoms with E-state index in [0.29, 0.717) is 5.69 Å². The number of nitrogens with one attached hydrogen (secondary N) is 2. The van der Waals surface area contributed by atoms with E-state index in [-0.39, 0.29) is 5.56 Å². The smallest absolute Gasteiger partial charge is 0.258 e. The number of thiazole rings is 1. The first-order valence-electron chi connectivity index (χ1n) is 7.53. The summed E-state index contributed by atoms with van der Waals surface area (Å²) in [5.41, 5.74) is 2.34. The third kappa shape index (κ3) is 3.60. The Bertz CT molecular complexity index is 863. The molecule has 0 atom stereocenters. The largest absolute Gasteiger partial charge is 0.362 e. The maximum absolute atomic E-state index is 13.7. The molecule has 122 valence electrons. The van der Waals surface area contributed by atoms with Crippen molar-refractivity contribution in [2.45, 2.75) is 6.92 Å². The van der Waals surface area contributed by atoms with Crippen LogP contribution in [0.3, 0.4) is 0 Å². The molecule has 24 heavy (non-hydrogen) atoms. The number of hydrogen-bond acceptors (Lipinski definition) is 4. The number of carbonyl (C=O) groups excluding carboxylic acids is 1. The van der Waals surface area contributed by atoms with Gasteiger partial charge in [-0.15, -0.1) is 11.3 Å². The van der Waals surface area contributed by atoms with E-state index in [1.807, 2.05) is 30.5 Å². The Labute approximate surface area is 143 Å². The van der Waals surface area contributed by atoms with E-state index in [2.05, 4.69) is 15.6 Å². The van der Waals surface area contributed by atoms with E-state index >= 15 is 0 Å². The molecule has 0 fully saturated rings. The zero-order valence-electron chi connectivity index (χ0n) is 13.0. The minimum atomic E-state index is -0.541. The molecule has 3 rings (SSSR count). The summed E-state index contributed by atoms with van der Waals surface area (Å²) in [6.45, 7) is 2.83. The summed E-state index contributed by atoms with van der Waals surface area (Å²) in [5, 5.41) is 8.70. The van der Waals surface area contributed by atoms with Gasteiger partial charge in [0.1, 0.15) is 5.82 Å².